The van der Waals surface area contributed by atoms with Crippen molar-refractivity contribution in [3.05, 3.63) is 54.1 Å². The number of nitrogens with two attached hydrogens (primary N) is 1. The Balaban J connectivity index is 0.00000156. The summed E-state index contributed by atoms with van der Waals surface area (Å²) in [6.07, 6.45) is 2.30. The Kier molecular flexibility index (Phi) is 8.90. The lowest BCUT2D eigenvalue weighted by Gasteiger charge is -2.33. The topological polar surface area (TPSA) is 50.5 Å². The number of halogens is 2. The Labute approximate surface area is 162 Å². The average molecular weight is 384 g/mol. The Morgan fingerprint density at radius 3 is 2.48 bits per heavy atom. The van der Waals surface area contributed by atoms with Gasteiger partial charge in [0.2, 0.25) is 0 Å². The van der Waals surface area contributed by atoms with Crippen LogP contribution in [0.25, 0.3) is 0 Å². The second-order valence-electron chi connectivity index (χ2n) is 6.17. The number of hydrogen-bond acceptors (Lipinski definition) is 4. The second-order valence-corrected chi connectivity index (χ2v) is 6.17. The molecule has 0 aliphatic carbocycles. The quantitative estimate of drug-likeness (QED) is 0.759. The largest absolute Gasteiger partial charge is 0.497 e. The van der Waals surface area contributed by atoms with Gasteiger partial charge in [-0.05, 0) is 42.7 Å². The van der Waals surface area contributed by atoms with Gasteiger partial charge in [-0.1, -0.05) is 18.2 Å². The maximum Gasteiger partial charge on any atom is 0.120 e. The molecule has 0 bridgehead atoms. The number of nitrogens with one attached hydrogen (secondary N) is 1. The first-order valence-corrected chi connectivity index (χ1v) is 8.20. The molecule has 25 heavy (non-hydrogen) atoms. The fourth-order valence-corrected chi connectivity index (χ4v) is 3.13. The van der Waals surface area contributed by atoms with Gasteiger partial charge in [-0.2, -0.15) is 0 Å². The average Bonchev–Trinajstić information content (AvgIpc) is 2.57. The van der Waals surface area contributed by atoms with Crippen LogP contribution in [0, 0.1) is 0 Å². The number of hydrogen-bond donors (Lipinski definition) is 2. The van der Waals surface area contributed by atoms with Gasteiger partial charge >= 0.3 is 0 Å². The monoisotopic (exact) mass is 383 g/mol. The second kappa shape index (κ2) is 10.4. The van der Waals surface area contributed by atoms with Crippen molar-refractivity contribution < 1.29 is 4.74 Å². The van der Waals surface area contributed by atoms with Gasteiger partial charge in [0, 0.05) is 43.1 Å². The Morgan fingerprint density at radius 2 is 1.80 bits per heavy atom. The molecule has 1 aliphatic heterocycles. The highest BCUT2D eigenvalue weighted by molar-refractivity contribution is 5.85. The van der Waals surface area contributed by atoms with Crippen molar-refractivity contribution in [2.24, 2.45) is 0 Å². The van der Waals surface area contributed by atoms with Gasteiger partial charge in [0.1, 0.15) is 5.75 Å². The third-order valence-corrected chi connectivity index (χ3v) is 4.39. The third-order valence-electron chi connectivity index (χ3n) is 4.39. The van der Waals surface area contributed by atoms with E-state index in [0.717, 1.165) is 49.6 Å². The summed E-state index contributed by atoms with van der Waals surface area (Å²) < 4.78 is 5.28. The lowest BCUT2D eigenvalue weighted by molar-refractivity contribution is 0.211. The van der Waals surface area contributed by atoms with Crippen molar-refractivity contribution in [1.82, 2.24) is 4.90 Å². The summed E-state index contributed by atoms with van der Waals surface area (Å²) in [6, 6.07) is 16.9. The first kappa shape index (κ1) is 21.4. The molecule has 138 valence electrons. The molecule has 1 aliphatic rings. The fourth-order valence-electron chi connectivity index (χ4n) is 3.13. The van der Waals surface area contributed by atoms with E-state index in [2.05, 4.69) is 34.5 Å². The maximum absolute atomic E-state index is 5.86. The Bertz CT molecular complexity index is 646. The molecule has 0 aromatic heterocycles. The smallest absolute Gasteiger partial charge is 0.120 e. The number of rotatable bonds is 5. The molecule has 4 nitrogen and oxygen atoms in total. The summed E-state index contributed by atoms with van der Waals surface area (Å²) in [5.74, 6) is 0.897. The van der Waals surface area contributed by atoms with E-state index in [0.29, 0.717) is 6.04 Å². The number of piperidine rings is 1. The van der Waals surface area contributed by atoms with Crippen LogP contribution >= 0.6 is 24.8 Å². The van der Waals surface area contributed by atoms with Gasteiger partial charge in [0.15, 0.2) is 0 Å². The summed E-state index contributed by atoms with van der Waals surface area (Å²) >= 11 is 0. The third kappa shape index (κ3) is 6.31. The molecular formula is C19H27Cl2N3O. The molecule has 6 heteroatoms. The van der Waals surface area contributed by atoms with Gasteiger partial charge in [0.25, 0.3) is 0 Å². The van der Waals surface area contributed by atoms with Crippen molar-refractivity contribution in [2.75, 3.05) is 31.2 Å². The lowest BCUT2D eigenvalue weighted by atomic mass is 10.0. The number of ether oxygens (including phenoxy) is 1. The first-order valence-electron chi connectivity index (χ1n) is 8.20. The minimum absolute atomic E-state index is 0. The molecule has 0 amide bonds. The summed E-state index contributed by atoms with van der Waals surface area (Å²) in [5.41, 5.74) is 9.13. The molecule has 0 saturated carbocycles. The van der Waals surface area contributed by atoms with Crippen molar-refractivity contribution in [3.63, 3.8) is 0 Å². The molecule has 2 aromatic rings. The van der Waals surface area contributed by atoms with Crippen LogP contribution in [0.15, 0.2) is 48.5 Å². The van der Waals surface area contributed by atoms with Crippen molar-refractivity contribution in [2.45, 2.75) is 25.4 Å². The SMILES string of the molecule is COc1cccc(NC2CCN(Cc3cccc(N)c3)CC2)c1.Cl.Cl. The van der Waals surface area contributed by atoms with E-state index in [9.17, 15) is 0 Å². The molecule has 1 fully saturated rings. The number of likely N-dealkylation sites (tertiary alicyclic amines) is 1. The molecular weight excluding hydrogens is 357 g/mol. The van der Waals surface area contributed by atoms with Crippen LogP contribution in [0.2, 0.25) is 0 Å². The van der Waals surface area contributed by atoms with Gasteiger partial charge in [0.05, 0.1) is 7.11 Å². The van der Waals surface area contributed by atoms with Crippen LogP contribution in [-0.2, 0) is 6.54 Å². The van der Waals surface area contributed by atoms with Crippen LogP contribution in [0.4, 0.5) is 11.4 Å². The summed E-state index contributed by atoms with van der Waals surface area (Å²) in [4.78, 5) is 2.50. The summed E-state index contributed by atoms with van der Waals surface area (Å²) in [5, 5.41) is 3.62. The predicted octanol–water partition coefficient (Wildman–Crippen LogP) is 4.20. The van der Waals surface area contributed by atoms with E-state index >= 15 is 0 Å². The van der Waals surface area contributed by atoms with Gasteiger partial charge in [-0.3, -0.25) is 4.90 Å². The number of anilines is 2. The highest BCUT2D eigenvalue weighted by atomic mass is 35.5. The minimum atomic E-state index is 0. The summed E-state index contributed by atoms with van der Waals surface area (Å²) in [6.45, 7) is 3.20. The number of methoxy groups -OCH3 is 1. The van der Waals surface area contributed by atoms with Gasteiger partial charge in [-0.15, -0.1) is 24.8 Å². The zero-order valence-corrected chi connectivity index (χ0v) is 16.1. The van der Waals surface area contributed by atoms with Crippen molar-refractivity contribution in [1.29, 1.82) is 0 Å². The molecule has 3 rings (SSSR count). The molecule has 0 unspecified atom stereocenters. The molecule has 0 radical (unpaired) electrons. The Morgan fingerprint density at radius 1 is 1.08 bits per heavy atom. The van der Waals surface area contributed by atoms with E-state index in [-0.39, 0.29) is 24.8 Å². The van der Waals surface area contributed by atoms with E-state index in [1.54, 1.807) is 7.11 Å². The van der Waals surface area contributed by atoms with Crippen LogP contribution in [0.5, 0.6) is 5.75 Å². The van der Waals surface area contributed by atoms with Gasteiger partial charge in [-0.25, -0.2) is 0 Å². The fraction of sp³-hybridized carbons (Fsp3) is 0.368. The molecule has 3 N–H and O–H groups in total. The normalized spacial score (nSPS) is 14.9. The zero-order chi connectivity index (χ0) is 16.1. The highest BCUT2D eigenvalue weighted by Crippen LogP contribution is 2.21. The molecule has 1 saturated heterocycles. The van der Waals surface area contributed by atoms with Crippen LogP contribution in [-0.4, -0.2) is 31.1 Å². The zero-order valence-electron chi connectivity index (χ0n) is 14.5. The Hall–Kier alpha value is -1.62. The van der Waals surface area contributed by atoms with E-state index in [1.807, 2.05) is 24.3 Å². The van der Waals surface area contributed by atoms with Crippen LogP contribution in [0.1, 0.15) is 18.4 Å². The number of nitrogens with zero attached hydrogens (tertiary/aromatic N) is 1. The van der Waals surface area contributed by atoms with Crippen molar-refractivity contribution in [3.8, 4) is 5.75 Å². The van der Waals surface area contributed by atoms with Gasteiger partial charge < -0.3 is 15.8 Å². The van der Waals surface area contributed by atoms with E-state index in [4.69, 9.17) is 10.5 Å². The first-order chi connectivity index (χ1) is 11.2. The lowest BCUT2D eigenvalue weighted by Crippen LogP contribution is -2.38. The standard InChI is InChI=1S/C19H25N3O.2ClH/c1-23-19-7-3-6-18(13-19)21-17-8-10-22(11-9-17)14-15-4-2-5-16(20)12-15;;/h2-7,12-13,17,21H,8-11,14,20H2,1H3;2*1H. The molecule has 2 aromatic carbocycles. The number of nitrogen functional groups attached to an aromatic ring is 1. The van der Waals surface area contributed by atoms with Crippen LogP contribution < -0.4 is 15.8 Å². The highest BCUT2D eigenvalue weighted by Gasteiger charge is 2.19. The van der Waals surface area contributed by atoms with Crippen molar-refractivity contribution >= 4 is 36.2 Å². The van der Waals surface area contributed by atoms with Crippen LogP contribution in [0.3, 0.4) is 0 Å². The maximum atomic E-state index is 5.86. The predicted molar refractivity (Wildman–Crippen MR) is 110 cm³/mol. The molecule has 0 spiro atoms. The minimum Gasteiger partial charge on any atom is -0.497 e. The molecule has 0 atom stereocenters. The van der Waals surface area contributed by atoms with E-state index < -0.39 is 0 Å². The number of benzene rings is 2. The molecule has 1 heterocycles. The summed E-state index contributed by atoms with van der Waals surface area (Å²) in [7, 11) is 1.70. The van der Waals surface area contributed by atoms with E-state index in [1.165, 1.54) is 5.56 Å².